The van der Waals surface area contributed by atoms with Crippen LogP contribution in [0.15, 0.2) is 36.0 Å². The minimum absolute atomic E-state index is 0.438. The lowest BCUT2D eigenvalue weighted by molar-refractivity contribution is 0.515. The van der Waals surface area contributed by atoms with E-state index >= 15 is 0 Å². The largest absolute Gasteiger partial charge is 0.316 e. The Bertz CT molecular complexity index is 511. The highest BCUT2D eigenvalue weighted by Crippen LogP contribution is 2.24. The molecule has 0 radical (unpaired) electrons. The van der Waals surface area contributed by atoms with Crippen molar-refractivity contribution in [1.29, 1.82) is 0 Å². The summed E-state index contributed by atoms with van der Waals surface area (Å²) in [6.07, 6.45) is 2.97. The fraction of sp³-hybridized carbons (Fsp3) is 0.438. The maximum atomic E-state index is 6.13. The molecule has 1 heterocycles. The van der Waals surface area contributed by atoms with Gasteiger partial charge in [-0.25, -0.2) is 0 Å². The minimum Gasteiger partial charge on any atom is -0.316 e. The van der Waals surface area contributed by atoms with E-state index in [0.717, 1.165) is 24.5 Å². The summed E-state index contributed by atoms with van der Waals surface area (Å²) in [5, 5.41) is 4.36. The van der Waals surface area contributed by atoms with Gasteiger partial charge in [-0.3, -0.25) is 4.98 Å². The quantitative estimate of drug-likeness (QED) is 0.821. The van der Waals surface area contributed by atoms with Crippen LogP contribution in [0.4, 0.5) is 0 Å². The smallest absolute Gasteiger partial charge is 0.0794 e. The molecule has 0 fully saturated rings. The molecular weight excluding hydrogens is 288 g/mol. The molecule has 0 bridgehead atoms. The van der Waals surface area contributed by atoms with Gasteiger partial charge in [0.05, 0.1) is 5.51 Å². The first kappa shape index (κ1) is 15.5. The van der Waals surface area contributed by atoms with Gasteiger partial charge in [0, 0.05) is 28.6 Å². The normalized spacial score (nSPS) is 12.8. The number of benzene rings is 1. The van der Waals surface area contributed by atoms with E-state index in [9.17, 15) is 0 Å². The molecule has 1 aromatic carbocycles. The second-order valence-corrected chi connectivity index (χ2v) is 6.88. The van der Waals surface area contributed by atoms with Gasteiger partial charge in [0.15, 0.2) is 0 Å². The molecule has 0 saturated carbocycles. The lowest BCUT2D eigenvalue weighted by atomic mass is 9.95. The van der Waals surface area contributed by atoms with E-state index in [1.807, 2.05) is 23.8 Å². The van der Waals surface area contributed by atoms with E-state index < -0.39 is 0 Å². The van der Waals surface area contributed by atoms with Crippen LogP contribution in [0.25, 0.3) is 0 Å². The van der Waals surface area contributed by atoms with Crippen molar-refractivity contribution in [3.63, 3.8) is 0 Å². The molecule has 0 aliphatic rings. The summed E-state index contributed by atoms with van der Waals surface area (Å²) in [7, 11) is 0. The SMILES string of the molecule is CC(C)CNCC(Cc1cncs1)c1cccc(Cl)c1. The zero-order valence-electron chi connectivity index (χ0n) is 12.0. The lowest BCUT2D eigenvalue weighted by Crippen LogP contribution is -2.26. The Hall–Kier alpha value is -0.900. The van der Waals surface area contributed by atoms with E-state index in [0.29, 0.717) is 11.8 Å². The van der Waals surface area contributed by atoms with Crippen LogP contribution in [0, 0.1) is 5.92 Å². The molecule has 1 unspecified atom stereocenters. The highest BCUT2D eigenvalue weighted by atomic mass is 35.5. The van der Waals surface area contributed by atoms with E-state index in [1.54, 1.807) is 11.3 Å². The fourth-order valence-electron chi connectivity index (χ4n) is 2.20. The third kappa shape index (κ3) is 4.89. The first-order chi connectivity index (χ1) is 9.65. The summed E-state index contributed by atoms with van der Waals surface area (Å²) in [5.74, 6) is 1.10. The van der Waals surface area contributed by atoms with Gasteiger partial charge in [0.25, 0.3) is 0 Å². The van der Waals surface area contributed by atoms with E-state index in [2.05, 4.69) is 36.3 Å². The molecule has 1 N–H and O–H groups in total. The molecule has 2 nitrogen and oxygen atoms in total. The second kappa shape index (κ2) is 7.77. The van der Waals surface area contributed by atoms with Crippen molar-refractivity contribution in [3.8, 4) is 0 Å². The summed E-state index contributed by atoms with van der Waals surface area (Å²) < 4.78 is 0. The Morgan fingerprint density at radius 2 is 2.15 bits per heavy atom. The maximum Gasteiger partial charge on any atom is 0.0794 e. The molecule has 1 atom stereocenters. The first-order valence-corrected chi connectivity index (χ1v) is 8.24. The number of hydrogen-bond acceptors (Lipinski definition) is 3. The summed E-state index contributed by atoms with van der Waals surface area (Å²) in [6, 6.07) is 8.19. The van der Waals surface area contributed by atoms with Gasteiger partial charge in [-0.1, -0.05) is 37.6 Å². The predicted molar refractivity (Wildman–Crippen MR) is 87.7 cm³/mol. The molecule has 1 aromatic heterocycles. The van der Waals surface area contributed by atoms with Crippen LogP contribution in [-0.4, -0.2) is 18.1 Å². The molecule has 0 aliphatic carbocycles. The molecule has 4 heteroatoms. The predicted octanol–water partition coefficient (Wildman–Crippen LogP) is 4.37. The standard InChI is InChI=1S/C16H21ClN2S/c1-12(2)8-18-9-14(7-16-10-19-11-20-16)13-4-3-5-15(17)6-13/h3-6,10-12,14,18H,7-9H2,1-2H3. The van der Waals surface area contributed by atoms with Crippen LogP contribution in [0.3, 0.4) is 0 Å². The Kier molecular flexibility index (Phi) is 6.02. The second-order valence-electron chi connectivity index (χ2n) is 5.48. The van der Waals surface area contributed by atoms with Gasteiger partial charge in [-0.2, -0.15) is 0 Å². The van der Waals surface area contributed by atoms with Crippen molar-refractivity contribution >= 4 is 22.9 Å². The van der Waals surface area contributed by atoms with Crippen molar-refractivity contribution in [3.05, 3.63) is 51.4 Å². The summed E-state index contributed by atoms with van der Waals surface area (Å²) in [6.45, 7) is 6.46. The van der Waals surface area contributed by atoms with Crippen molar-refractivity contribution in [1.82, 2.24) is 10.3 Å². The van der Waals surface area contributed by atoms with Crippen LogP contribution < -0.4 is 5.32 Å². The minimum atomic E-state index is 0.438. The molecule has 0 aliphatic heterocycles. The summed E-state index contributed by atoms with van der Waals surface area (Å²) in [4.78, 5) is 5.49. The van der Waals surface area contributed by atoms with Crippen molar-refractivity contribution < 1.29 is 0 Å². The molecule has 20 heavy (non-hydrogen) atoms. The monoisotopic (exact) mass is 308 g/mol. The van der Waals surface area contributed by atoms with Gasteiger partial charge in [-0.05, 0) is 36.6 Å². The zero-order chi connectivity index (χ0) is 14.4. The fourth-order valence-corrected chi connectivity index (χ4v) is 3.08. The molecule has 2 rings (SSSR count). The molecule has 0 amide bonds. The molecule has 0 spiro atoms. The Morgan fingerprint density at radius 1 is 1.30 bits per heavy atom. The Labute approximate surface area is 130 Å². The zero-order valence-corrected chi connectivity index (χ0v) is 13.5. The number of aromatic nitrogens is 1. The third-order valence-electron chi connectivity index (χ3n) is 3.19. The van der Waals surface area contributed by atoms with Crippen molar-refractivity contribution in [2.45, 2.75) is 26.2 Å². The first-order valence-electron chi connectivity index (χ1n) is 6.98. The number of nitrogens with zero attached hydrogens (tertiary/aromatic N) is 1. The summed E-state index contributed by atoms with van der Waals surface area (Å²) in [5.41, 5.74) is 3.19. The average Bonchev–Trinajstić information content (AvgIpc) is 2.90. The van der Waals surface area contributed by atoms with Crippen LogP contribution in [0.2, 0.25) is 5.02 Å². The van der Waals surface area contributed by atoms with Gasteiger partial charge < -0.3 is 5.32 Å². The van der Waals surface area contributed by atoms with E-state index in [1.165, 1.54) is 10.4 Å². The highest BCUT2D eigenvalue weighted by molar-refractivity contribution is 7.09. The highest BCUT2D eigenvalue weighted by Gasteiger charge is 2.14. The Balaban J connectivity index is 2.06. The van der Waals surface area contributed by atoms with E-state index in [4.69, 9.17) is 11.6 Å². The van der Waals surface area contributed by atoms with Gasteiger partial charge >= 0.3 is 0 Å². The number of nitrogens with one attached hydrogen (secondary N) is 1. The lowest BCUT2D eigenvalue weighted by Gasteiger charge is -2.18. The number of hydrogen-bond donors (Lipinski definition) is 1. The van der Waals surface area contributed by atoms with Crippen LogP contribution in [0.1, 0.15) is 30.2 Å². The van der Waals surface area contributed by atoms with E-state index in [-0.39, 0.29) is 0 Å². The van der Waals surface area contributed by atoms with Crippen LogP contribution >= 0.6 is 22.9 Å². The van der Waals surface area contributed by atoms with Gasteiger partial charge in [0.1, 0.15) is 0 Å². The van der Waals surface area contributed by atoms with Gasteiger partial charge in [-0.15, -0.1) is 11.3 Å². The molecular formula is C16H21ClN2S. The molecule has 108 valence electrons. The number of thiazole rings is 1. The topological polar surface area (TPSA) is 24.9 Å². The number of rotatable bonds is 7. The average molecular weight is 309 g/mol. The van der Waals surface area contributed by atoms with Crippen molar-refractivity contribution in [2.75, 3.05) is 13.1 Å². The maximum absolute atomic E-state index is 6.13. The van der Waals surface area contributed by atoms with Crippen molar-refractivity contribution in [2.24, 2.45) is 5.92 Å². The Morgan fingerprint density at radius 3 is 2.80 bits per heavy atom. The van der Waals surface area contributed by atoms with Crippen LogP contribution in [-0.2, 0) is 6.42 Å². The van der Waals surface area contributed by atoms with Crippen LogP contribution in [0.5, 0.6) is 0 Å². The third-order valence-corrected chi connectivity index (χ3v) is 4.23. The summed E-state index contributed by atoms with van der Waals surface area (Å²) >= 11 is 7.84. The molecule has 0 saturated heterocycles. The van der Waals surface area contributed by atoms with Gasteiger partial charge in [0.2, 0.25) is 0 Å². The number of halogens is 1. The molecule has 2 aromatic rings.